The molecule has 1 aromatic carbocycles. The van der Waals surface area contributed by atoms with E-state index in [0.29, 0.717) is 46.9 Å². The number of piperidine rings is 1. The molecule has 280 valence electrons. The minimum Gasteiger partial charge on any atom is -0.444 e. The molecule has 2 N–H and O–H groups in total. The zero-order valence-electron chi connectivity index (χ0n) is 30.4. The van der Waals surface area contributed by atoms with E-state index in [1.165, 1.54) is 6.07 Å². The summed E-state index contributed by atoms with van der Waals surface area (Å²) >= 11 is 0. The number of nitrogens with zero attached hydrogens (tertiary/aromatic N) is 7. The van der Waals surface area contributed by atoms with Crippen molar-refractivity contribution in [3.8, 4) is 11.3 Å². The zero-order chi connectivity index (χ0) is 37.3. The minimum atomic E-state index is -3.07. The number of carbonyl (C=O) groups excluding carboxylic acids is 2. The van der Waals surface area contributed by atoms with Crippen molar-refractivity contribution in [2.45, 2.75) is 77.0 Å². The summed E-state index contributed by atoms with van der Waals surface area (Å²) in [7, 11) is 1.79. The van der Waals surface area contributed by atoms with Gasteiger partial charge in [-0.25, -0.2) is 27.5 Å². The van der Waals surface area contributed by atoms with Crippen LogP contribution in [-0.4, -0.2) is 98.7 Å². The number of benzene rings is 1. The third-order valence-electron chi connectivity index (χ3n) is 11.0. The maximum absolute atomic E-state index is 15.8. The second-order valence-electron chi connectivity index (χ2n) is 15.8. The second-order valence-corrected chi connectivity index (χ2v) is 15.8. The highest BCUT2D eigenvalue weighted by atomic mass is 19.3. The number of pyridine rings is 1. The fraction of sp³-hybridized carbons (Fsp3) is 0.500. The van der Waals surface area contributed by atoms with E-state index in [0.717, 1.165) is 35.4 Å². The van der Waals surface area contributed by atoms with Crippen molar-refractivity contribution in [1.29, 1.82) is 0 Å². The molecule has 1 saturated carbocycles. The quantitative estimate of drug-likeness (QED) is 0.235. The third-order valence-corrected chi connectivity index (χ3v) is 11.0. The lowest BCUT2D eigenvalue weighted by atomic mass is 9.69. The van der Waals surface area contributed by atoms with Crippen LogP contribution in [-0.2, 0) is 17.7 Å². The van der Waals surface area contributed by atoms with E-state index in [2.05, 4.69) is 20.6 Å². The van der Waals surface area contributed by atoms with Gasteiger partial charge in [0.25, 0.3) is 11.8 Å². The van der Waals surface area contributed by atoms with Gasteiger partial charge in [-0.3, -0.25) is 14.7 Å². The van der Waals surface area contributed by atoms with E-state index in [-0.39, 0.29) is 50.2 Å². The summed E-state index contributed by atoms with van der Waals surface area (Å²) in [5.74, 6) is -3.16. The SMILES string of the molecule is CNc1cc(N2CCc3c(-c4ncc(CN5CC6(CCN(C(=O)OC(C)(C)C)CC6(F)F)C5)cc4F)cccc32)nn2c(C(=O)NC3CCC3)cnc12. The normalized spacial score (nSPS) is 19.5. The molecule has 1 aliphatic carbocycles. The van der Waals surface area contributed by atoms with Crippen LogP contribution in [0.15, 0.2) is 42.7 Å². The van der Waals surface area contributed by atoms with Gasteiger partial charge in [0.1, 0.15) is 17.1 Å². The average molecular weight is 732 g/mol. The molecular weight excluding hydrogens is 687 g/mol. The number of halogens is 3. The van der Waals surface area contributed by atoms with Crippen LogP contribution in [0.5, 0.6) is 0 Å². The number of carbonyl (C=O) groups is 2. The molecule has 1 spiro atoms. The highest BCUT2D eigenvalue weighted by Gasteiger charge is 2.63. The molecule has 3 aromatic heterocycles. The molecule has 3 aliphatic heterocycles. The molecule has 4 aromatic rings. The van der Waals surface area contributed by atoms with Crippen LogP contribution in [0.4, 0.5) is 35.2 Å². The molecule has 53 heavy (non-hydrogen) atoms. The number of imidazole rings is 1. The monoisotopic (exact) mass is 731 g/mol. The van der Waals surface area contributed by atoms with Crippen molar-refractivity contribution in [1.82, 2.24) is 34.7 Å². The lowest BCUT2D eigenvalue weighted by Gasteiger charge is -2.57. The van der Waals surface area contributed by atoms with E-state index in [9.17, 15) is 9.59 Å². The summed E-state index contributed by atoms with van der Waals surface area (Å²) in [5, 5.41) is 11.1. The Labute approximate surface area is 305 Å². The molecule has 15 heteroatoms. The summed E-state index contributed by atoms with van der Waals surface area (Å²) in [4.78, 5) is 39.6. The summed E-state index contributed by atoms with van der Waals surface area (Å²) < 4.78 is 53.6. The van der Waals surface area contributed by atoms with Crippen LogP contribution in [0, 0.1) is 11.2 Å². The largest absolute Gasteiger partial charge is 0.444 e. The third kappa shape index (κ3) is 6.32. The van der Waals surface area contributed by atoms with Crippen LogP contribution in [0.1, 0.15) is 68.1 Å². The lowest BCUT2D eigenvalue weighted by molar-refractivity contribution is -0.223. The predicted molar refractivity (Wildman–Crippen MR) is 193 cm³/mol. The molecular formula is C38H44F3N9O3. The molecule has 0 radical (unpaired) electrons. The summed E-state index contributed by atoms with van der Waals surface area (Å²) in [5.41, 5.74) is 2.90. The molecule has 2 amide bonds. The number of likely N-dealkylation sites (tertiary alicyclic amines) is 2. The van der Waals surface area contributed by atoms with E-state index < -0.39 is 35.4 Å². The first kappa shape index (κ1) is 35.1. The van der Waals surface area contributed by atoms with Gasteiger partial charge in [-0.2, -0.15) is 0 Å². The fourth-order valence-corrected chi connectivity index (χ4v) is 7.96. The topological polar surface area (TPSA) is 120 Å². The Bertz CT molecular complexity index is 2090. The second kappa shape index (κ2) is 12.9. The van der Waals surface area contributed by atoms with Crippen LogP contribution in [0.3, 0.4) is 0 Å². The van der Waals surface area contributed by atoms with Crippen molar-refractivity contribution in [3.05, 3.63) is 65.4 Å². The molecule has 0 bridgehead atoms. The van der Waals surface area contributed by atoms with Gasteiger partial charge in [0.05, 0.1) is 23.8 Å². The number of hydrogen-bond donors (Lipinski definition) is 2. The number of alkyl halides is 2. The van der Waals surface area contributed by atoms with Crippen molar-refractivity contribution in [2.75, 3.05) is 50.0 Å². The van der Waals surface area contributed by atoms with Crippen molar-refractivity contribution < 1.29 is 27.5 Å². The highest BCUT2D eigenvalue weighted by Crippen LogP contribution is 2.50. The Hall–Kier alpha value is -4.92. The highest BCUT2D eigenvalue weighted by molar-refractivity contribution is 5.94. The van der Waals surface area contributed by atoms with E-state index in [4.69, 9.17) is 9.84 Å². The van der Waals surface area contributed by atoms with Gasteiger partial charge >= 0.3 is 6.09 Å². The smallest absolute Gasteiger partial charge is 0.410 e. The van der Waals surface area contributed by atoms with E-state index in [1.807, 2.05) is 34.1 Å². The summed E-state index contributed by atoms with van der Waals surface area (Å²) in [6, 6.07) is 9.19. The maximum atomic E-state index is 15.8. The molecule has 4 aliphatic rings. The average Bonchev–Trinajstić information content (AvgIpc) is 3.70. The lowest BCUT2D eigenvalue weighted by Crippen LogP contribution is -2.70. The Balaban J connectivity index is 0.971. The number of aromatic nitrogens is 4. The number of rotatable bonds is 7. The maximum Gasteiger partial charge on any atom is 0.410 e. The van der Waals surface area contributed by atoms with Crippen molar-refractivity contribution >= 4 is 34.8 Å². The van der Waals surface area contributed by atoms with Gasteiger partial charge in [-0.15, -0.1) is 5.10 Å². The van der Waals surface area contributed by atoms with Gasteiger partial charge < -0.3 is 25.2 Å². The minimum absolute atomic E-state index is 0.147. The Morgan fingerprint density at radius 2 is 1.85 bits per heavy atom. The molecule has 3 fully saturated rings. The Kier molecular flexibility index (Phi) is 8.54. The number of fused-ring (bicyclic) bond motifs is 2. The van der Waals surface area contributed by atoms with E-state index >= 15 is 13.2 Å². The molecule has 8 rings (SSSR count). The van der Waals surface area contributed by atoms with Gasteiger partial charge in [0.15, 0.2) is 17.2 Å². The molecule has 12 nitrogen and oxygen atoms in total. The van der Waals surface area contributed by atoms with Gasteiger partial charge in [0.2, 0.25) is 0 Å². The van der Waals surface area contributed by atoms with Gasteiger partial charge in [-0.1, -0.05) is 12.1 Å². The molecule has 0 unspecified atom stereocenters. The standard InChI is InChI=1S/C38H44F3N9O3/c1-36(2,3)53-35(52)48-14-12-37(38(40,41)22-48)20-47(21-37)19-23-15-27(39)32(43-17-23)26-9-6-10-29-25(26)11-13-49(29)31-16-28(42-4)33-44-18-30(50(33)46-31)34(51)45-24-7-5-8-24/h6,9-10,15-18,24,42H,5,7-8,11-14,19-22H2,1-4H3,(H,45,51). The van der Waals surface area contributed by atoms with Crippen molar-refractivity contribution in [2.24, 2.45) is 5.41 Å². The number of nitrogens with one attached hydrogen (secondary N) is 2. The van der Waals surface area contributed by atoms with E-state index in [1.54, 1.807) is 44.7 Å². The Morgan fingerprint density at radius 3 is 2.53 bits per heavy atom. The molecule has 6 heterocycles. The zero-order valence-corrected chi connectivity index (χ0v) is 30.4. The number of hydrogen-bond acceptors (Lipinski definition) is 9. The number of ether oxygens (including phenoxy) is 1. The summed E-state index contributed by atoms with van der Waals surface area (Å²) in [6.45, 7) is 5.82. The van der Waals surface area contributed by atoms with Gasteiger partial charge in [-0.05, 0) is 76.1 Å². The molecule has 2 saturated heterocycles. The fourth-order valence-electron chi connectivity index (χ4n) is 7.96. The first-order valence-corrected chi connectivity index (χ1v) is 18.2. The predicted octanol–water partition coefficient (Wildman–Crippen LogP) is 6.03. The van der Waals surface area contributed by atoms with Crippen LogP contribution in [0.2, 0.25) is 0 Å². The van der Waals surface area contributed by atoms with Gasteiger partial charge in [0, 0.05) is 69.3 Å². The van der Waals surface area contributed by atoms with Crippen LogP contribution < -0.4 is 15.5 Å². The first-order chi connectivity index (χ1) is 25.2. The number of amides is 2. The van der Waals surface area contributed by atoms with Crippen molar-refractivity contribution in [3.63, 3.8) is 0 Å². The summed E-state index contributed by atoms with van der Waals surface area (Å²) in [6.07, 6.45) is 6.25. The molecule has 0 atom stereocenters. The Morgan fingerprint density at radius 1 is 1.06 bits per heavy atom. The van der Waals surface area contributed by atoms with Crippen LogP contribution in [0.25, 0.3) is 16.9 Å². The first-order valence-electron chi connectivity index (χ1n) is 18.2. The van der Waals surface area contributed by atoms with Crippen LogP contribution >= 0.6 is 0 Å². The number of anilines is 3.